The molecule has 1 atom stereocenters. The van der Waals surface area contributed by atoms with E-state index in [2.05, 4.69) is 15.5 Å². The van der Waals surface area contributed by atoms with Crippen molar-refractivity contribution in [3.8, 4) is 17.2 Å². The summed E-state index contributed by atoms with van der Waals surface area (Å²) in [7, 11) is 1.39. The second-order valence-corrected chi connectivity index (χ2v) is 6.96. The van der Waals surface area contributed by atoms with Gasteiger partial charge in [0, 0.05) is 25.5 Å². The number of nitrogens with zero attached hydrogens (tertiary/aromatic N) is 2. The van der Waals surface area contributed by atoms with E-state index in [9.17, 15) is 19.8 Å². The third kappa shape index (κ3) is 5.21. The number of hydrogen-bond acceptors (Lipinski definition) is 9. The lowest BCUT2D eigenvalue weighted by atomic mass is 9.91. The van der Waals surface area contributed by atoms with Crippen LogP contribution in [-0.4, -0.2) is 39.9 Å². The Bertz CT molecular complexity index is 1140. The van der Waals surface area contributed by atoms with Crippen molar-refractivity contribution >= 4 is 5.91 Å². The Hall–Kier alpha value is -3.82. The zero-order valence-electron chi connectivity index (χ0n) is 17.3. The normalized spacial score (nSPS) is 11.8. The molecule has 0 bridgehead atoms. The second-order valence-electron chi connectivity index (χ2n) is 6.96. The van der Waals surface area contributed by atoms with Crippen LogP contribution in [-0.2, 0) is 11.2 Å². The first kappa shape index (κ1) is 21.9. The Balaban J connectivity index is 1.85. The van der Waals surface area contributed by atoms with Gasteiger partial charge in [-0.25, -0.2) is 0 Å². The summed E-state index contributed by atoms with van der Waals surface area (Å²) in [4.78, 5) is 28.8. The average Bonchev–Trinajstić information content (AvgIpc) is 3.14. The molecule has 10 heteroatoms. The maximum atomic E-state index is 12.6. The highest BCUT2D eigenvalue weighted by Gasteiger charge is 2.26. The zero-order chi connectivity index (χ0) is 22.5. The molecular formula is C21H23N3O7. The van der Waals surface area contributed by atoms with Crippen molar-refractivity contribution in [3.63, 3.8) is 0 Å². The van der Waals surface area contributed by atoms with Crippen molar-refractivity contribution in [3.05, 3.63) is 63.3 Å². The summed E-state index contributed by atoms with van der Waals surface area (Å²) in [6, 6.07) is 5.66. The Kier molecular flexibility index (Phi) is 6.58. The van der Waals surface area contributed by atoms with Gasteiger partial charge in [0.15, 0.2) is 23.1 Å². The van der Waals surface area contributed by atoms with E-state index in [-0.39, 0.29) is 36.1 Å². The monoisotopic (exact) mass is 429 g/mol. The smallest absolute Gasteiger partial charge is 0.228 e. The molecule has 0 spiro atoms. The van der Waals surface area contributed by atoms with E-state index in [0.717, 1.165) is 0 Å². The number of methoxy groups -OCH3 is 1. The van der Waals surface area contributed by atoms with Gasteiger partial charge in [-0.15, -0.1) is 0 Å². The number of nitrogens with one attached hydrogen (secondary N) is 1. The van der Waals surface area contributed by atoms with Crippen LogP contribution in [0.3, 0.4) is 0 Å². The maximum Gasteiger partial charge on any atom is 0.228 e. The van der Waals surface area contributed by atoms with Crippen LogP contribution in [0.25, 0.3) is 0 Å². The molecule has 3 rings (SSSR count). The van der Waals surface area contributed by atoms with Gasteiger partial charge in [0.25, 0.3) is 0 Å². The van der Waals surface area contributed by atoms with Gasteiger partial charge in [0.2, 0.25) is 23.0 Å². The van der Waals surface area contributed by atoms with Crippen LogP contribution in [0.4, 0.5) is 0 Å². The number of phenolic OH excluding ortho intramolecular Hbond substituents is 1. The summed E-state index contributed by atoms with van der Waals surface area (Å²) < 4.78 is 15.8. The number of aromatic nitrogens is 2. The van der Waals surface area contributed by atoms with E-state index in [1.165, 1.54) is 25.3 Å². The minimum atomic E-state index is -0.798. The second kappa shape index (κ2) is 9.33. The molecule has 0 radical (unpaired) electrons. The molecule has 10 nitrogen and oxygen atoms in total. The maximum absolute atomic E-state index is 12.6. The summed E-state index contributed by atoms with van der Waals surface area (Å²) in [5.74, 6) is -0.460. The van der Waals surface area contributed by atoms with Crippen LogP contribution in [0.1, 0.15) is 41.1 Å². The number of benzene rings is 1. The van der Waals surface area contributed by atoms with Crippen LogP contribution < -0.4 is 15.5 Å². The minimum Gasteiger partial charge on any atom is -0.504 e. The summed E-state index contributed by atoms with van der Waals surface area (Å²) in [5, 5.41) is 26.7. The number of carbonyl (C=O) groups is 1. The Morgan fingerprint density at radius 3 is 2.71 bits per heavy atom. The molecule has 1 amide bonds. The van der Waals surface area contributed by atoms with E-state index in [1.807, 2.05) is 0 Å². The fourth-order valence-corrected chi connectivity index (χ4v) is 3.14. The lowest BCUT2D eigenvalue weighted by molar-refractivity contribution is -0.121. The Morgan fingerprint density at radius 2 is 2.03 bits per heavy atom. The largest absolute Gasteiger partial charge is 0.504 e. The molecule has 3 N–H and O–H groups in total. The SMILES string of the molecule is COc1cc([C@@H](CC(=O)NCCc2nc(C)no2)c2oc(C)cc(=O)c2O)ccc1O. The number of aryl methyl sites for hydroxylation is 2. The molecule has 0 aliphatic heterocycles. The number of hydrogen-bond donors (Lipinski definition) is 3. The molecular weight excluding hydrogens is 406 g/mol. The van der Waals surface area contributed by atoms with Gasteiger partial charge in [-0.3, -0.25) is 9.59 Å². The molecule has 164 valence electrons. The van der Waals surface area contributed by atoms with E-state index in [4.69, 9.17) is 13.7 Å². The summed E-state index contributed by atoms with van der Waals surface area (Å²) >= 11 is 0. The number of phenols is 1. The van der Waals surface area contributed by atoms with Crippen molar-refractivity contribution in [1.82, 2.24) is 15.5 Å². The first-order valence-electron chi connectivity index (χ1n) is 9.55. The van der Waals surface area contributed by atoms with Crippen LogP contribution in [0.5, 0.6) is 17.2 Å². The topological polar surface area (TPSA) is 148 Å². The molecule has 0 saturated heterocycles. The van der Waals surface area contributed by atoms with Crippen LogP contribution in [0.15, 0.2) is 38.0 Å². The fourth-order valence-electron chi connectivity index (χ4n) is 3.14. The van der Waals surface area contributed by atoms with E-state index >= 15 is 0 Å². The number of carbonyl (C=O) groups excluding carboxylic acids is 1. The molecule has 3 aromatic rings. The van der Waals surface area contributed by atoms with Gasteiger partial charge in [0.1, 0.15) is 5.76 Å². The van der Waals surface area contributed by atoms with Gasteiger partial charge < -0.3 is 29.2 Å². The summed E-state index contributed by atoms with van der Waals surface area (Å²) in [6.45, 7) is 3.53. The van der Waals surface area contributed by atoms with Crippen molar-refractivity contribution < 1.29 is 28.7 Å². The molecule has 0 saturated carbocycles. The quantitative estimate of drug-likeness (QED) is 0.488. The first-order chi connectivity index (χ1) is 14.8. The first-order valence-corrected chi connectivity index (χ1v) is 9.55. The molecule has 0 fully saturated rings. The van der Waals surface area contributed by atoms with Gasteiger partial charge >= 0.3 is 0 Å². The minimum absolute atomic E-state index is 0.0413. The number of amides is 1. The predicted octanol–water partition coefficient (Wildman–Crippen LogP) is 1.94. The Labute approximate surface area is 177 Å². The van der Waals surface area contributed by atoms with Gasteiger partial charge in [-0.1, -0.05) is 11.2 Å². The summed E-state index contributed by atoms with van der Waals surface area (Å²) in [5.41, 5.74) is -0.0944. The fraction of sp³-hybridized carbons (Fsp3) is 0.333. The molecule has 31 heavy (non-hydrogen) atoms. The summed E-state index contributed by atoms with van der Waals surface area (Å²) in [6.07, 6.45) is 0.228. The van der Waals surface area contributed by atoms with Crippen LogP contribution >= 0.6 is 0 Å². The lowest BCUT2D eigenvalue weighted by Gasteiger charge is -2.18. The number of rotatable bonds is 8. The highest BCUT2D eigenvalue weighted by atomic mass is 16.5. The molecule has 0 unspecified atom stereocenters. The molecule has 0 aliphatic rings. The zero-order valence-corrected chi connectivity index (χ0v) is 17.3. The van der Waals surface area contributed by atoms with Crippen molar-refractivity contribution in [2.45, 2.75) is 32.6 Å². The van der Waals surface area contributed by atoms with Gasteiger partial charge in [0.05, 0.1) is 13.0 Å². The molecule has 2 aromatic heterocycles. The van der Waals surface area contributed by atoms with Crippen molar-refractivity contribution in [1.29, 1.82) is 0 Å². The van der Waals surface area contributed by atoms with Crippen molar-refractivity contribution in [2.75, 3.05) is 13.7 Å². The van der Waals surface area contributed by atoms with Crippen LogP contribution in [0.2, 0.25) is 0 Å². The highest BCUT2D eigenvalue weighted by molar-refractivity contribution is 5.77. The lowest BCUT2D eigenvalue weighted by Crippen LogP contribution is -2.27. The Morgan fingerprint density at radius 1 is 1.26 bits per heavy atom. The molecule has 0 aliphatic carbocycles. The number of aromatic hydroxyl groups is 2. The molecule has 2 heterocycles. The van der Waals surface area contributed by atoms with Gasteiger partial charge in [-0.2, -0.15) is 4.98 Å². The van der Waals surface area contributed by atoms with E-state index in [0.29, 0.717) is 29.5 Å². The van der Waals surface area contributed by atoms with Crippen molar-refractivity contribution in [2.24, 2.45) is 0 Å². The third-order valence-electron chi connectivity index (χ3n) is 4.61. The van der Waals surface area contributed by atoms with E-state index in [1.54, 1.807) is 19.9 Å². The number of ether oxygens (including phenoxy) is 1. The van der Waals surface area contributed by atoms with E-state index < -0.39 is 17.1 Å². The standard InChI is InChI=1S/C21H23N3O7/c1-11-8-16(26)20(28)21(30-11)14(13-4-5-15(25)17(9-13)29-3)10-18(27)22-7-6-19-23-12(2)24-31-19/h4-5,8-9,14,25,28H,6-7,10H2,1-3H3,(H,22,27)/t14-/m1/s1. The van der Waals surface area contributed by atoms with Gasteiger partial charge in [-0.05, 0) is 31.5 Å². The average molecular weight is 429 g/mol. The van der Waals surface area contributed by atoms with Crippen LogP contribution in [0, 0.1) is 13.8 Å². The highest BCUT2D eigenvalue weighted by Crippen LogP contribution is 2.37. The third-order valence-corrected chi connectivity index (χ3v) is 4.61. The predicted molar refractivity (Wildman–Crippen MR) is 108 cm³/mol. The molecule has 1 aromatic carbocycles.